The van der Waals surface area contributed by atoms with Gasteiger partial charge in [-0.3, -0.25) is 0 Å². The van der Waals surface area contributed by atoms with Crippen LogP contribution in [-0.2, 0) is 11.8 Å². The Morgan fingerprint density at radius 1 is 1.05 bits per heavy atom. The molecule has 1 saturated carbocycles. The summed E-state index contributed by atoms with van der Waals surface area (Å²) in [6.07, 6.45) is 3.39. The molecule has 1 unspecified atom stereocenters. The number of halogens is 1. The van der Waals surface area contributed by atoms with Gasteiger partial charge < -0.3 is 0 Å². The van der Waals surface area contributed by atoms with Gasteiger partial charge in [-0.2, -0.15) is 0 Å². The van der Waals surface area contributed by atoms with Crippen molar-refractivity contribution in [1.82, 2.24) is 0 Å². The number of aryl methyl sites for hydroxylation is 1. The fourth-order valence-corrected chi connectivity index (χ4v) is 3.45. The molecule has 0 spiro atoms. The summed E-state index contributed by atoms with van der Waals surface area (Å²) in [5, 5.41) is 0.191. The van der Waals surface area contributed by atoms with Crippen LogP contribution >= 0.6 is 11.6 Å². The van der Waals surface area contributed by atoms with Gasteiger partial charge in [-0.1, -0.05) is 60.2 Å². The second kappa shape index (κ2) is 5.02. The van der Waals surface area contributed by atoms with E-state index >= 15 is 0 Å². The van der Waals surface area contributed by atoms with Gasteiger partial charge in [-0.15, -0.1) is 11.6 Å². The second-order valence-electron chi connectivity index (χ2n) is 5.68. The molecule has 0 bridgehead atoms. The number of benzene rings is 2. The van der Waals surface area contributed by atoms with Crippen molar-refractivity contribution in [3.63, 3.8) is 0 Å². The molecular formula is C18H19Cl. The van der Waals surface area contributed by atoms with E-state index in [-0.39, 0.29) is 10.8 Å². The lowest BCUT2D eigenvalue weighted by Gasteiger charge is -2.22. The lowest BCUT2D eigenvalue weighted by molar-refractivity contribution is 0.628. The summed E-state index contributed by atoms with van der Waals surface area (Å²) < 4.78 is 0. The molecule has 0 N–H and O–H groups in total. The average molecular weight is 271 g/mol. The Balaban J connectivity index is 1.79. The van der Waals surface area contributed by atoms with Gasteiger partial charge in [-0.05, 0) is 37.3 Å². The van der Waals surface area contributed by atoms with E-state index in [1.165, 1.54) is 29.5 Å². The molecule has 1 aliphatic carbocycles. The van der Waals surface area contributed by atoms with Crippen LogP contribution in [0, 0.1) is 6.92 Å². The molecule has 1 fully saturated rings. The number of hydrogen-bond acceptors (Lipinski definition) is 0. The standard InChI is InChI=1S/C18H19Cl/c1-14-6-5-7-15(12-14)13-17(19)18(10-11-18)16-8-3-2-4-9-16/h2-9,12,17H,10-11,13H2,1H3. The summed E-state index contributed by atoms with van der Waals surface area (Å²) in [5.41, 5.74) is 4.28. The van der Waals surface area contributed by atoms with Crippen LogP contribution in [0.15, 0.2) is 54.6 Å². The molecule has 0 heterocycles. The van der Waals surface area contributed by atoms with Crippen LogP contribution in [-0.4, -0.2) is 5.38 Å². The van der Waals surface area contributed by atoms with Gasteiger partial charge in [0, 0.05) is 10.8 Å². The van der Waals surface area contributed by atoms with Gasteiger partial charge in [0.1, 0.15) is 0 Å². The highest BCUT2D eigenvalue weighted by Gasteiger charge is 2.49. The summed E-state index contributed by atoms with van der Waals surface area (Å²) in [7, 11) is 0. The molecule has 0 radical (unpaired) electrons. The third-order valence-electron chi connectivity index (χ3n) is 4.23. The van der Waals surface area contributed by atoms with Crippen LogP contribution < -0.4 is 0 Å². The lowest BCUT2D eigenvalue weighted by atomic mass is 9.88. The van der Waals surface area contributed by atoms with E-state index in [9.17, 15) is 0 Å². The first-order chi connectivity index (χ1) is 9.21. The molecule has 2 aromatic carbocycles. The fourth-order valence-electron chi connectivity index (χ4n) is 2.93. The normalized spacial score (nSPS) is 18.0. The third-order valence-corrected chi connectivity index (χ3v) is 4.81. The molecule has 0 aliphatic heterocycles. The highest BCUT2D eigenvalue weighted by Crippen LogP contribution is 2.53. The first kappa shape index (κ1) is 12.7. The zero-order chi connectivity index (χ0) is 13.3. The van der Waals surface area contributed by atoms with Crippen molar-refractivity contribution >= 4 is 11.6 Å². The Hall–Kier alpha value is -1.27. The van der Waals surface area contributed by atoms with Crippen molar-refractivity contribution < 1.29 is 0 Å². The molecule has 0 aromatic heterocycles. The first-order valence-electron chi connectivity index (χ1n) is 6.96. The quantitative estimate of drug-likeness (QED) is 0.695. The van der Waals surface area contributed by atoms with E-state index < -0.39 is 0 Å². The van der Waals surface area contributed by atoms with E-state index in [0.29, 0.717) is 0 Å². The summed E-state index contributed by atoms with van der Waals surface area (Å²) in [4.78, 5) is 0. The monoisotopic (exact) mass is 270 g/mol. The molecule has 98 valence electrons. The van der Waals surface area contributed by atoms with Crippen molar-refractivity contribution in [3.8, 4) is 0 Å². The zero-order valence-corrected chi connectivity index (χ0v) is 12.0. The molecule has 1 aliphatic rings. The summed E-state index contributed by atoms with van der Waals surface area (Å²) in [6.45, 7) is 2.14. The minimum absolute atomic E-state index is 0.191. The zero-order valence-electron chi connectivity index (χ0n) is 11.3. The molecule has 0 amide bonds. The van der Waals surface area contributed by atoms with Crippen LogP contribution in [0.1, 0.15) is 29.5 Å². The van der Waals surface area contributed by atoms with E-state index in [1.54, 1.807) is 0 Å². The smallest absolute Gasteiger partial charge is 0.0473 e. The van der Waals surface area contributed by atoms with Gasteiger partial charge in [0.15, 0.2) is 0 Å². The van der Waals surface area contributed by atoms with E-state index in [4.69, 9.17) is 11.6 Å². The molecule has 0 nitrogen and oxygen atoms in total. The average Bonchev–Trinajstić information content (AvgIpc) is 3.21. The predicted octanol–water partition coefficient (Wildman–Crippen LogP) is 4.88. The van der Waals surface area contributed by atoms with Gasteiger partial charge in [0.25, 0.3) is 0 Å². The minimum atomic E-state index is 0.191. The highest BCUT2D eigenvalue weighted by atomic mass is 35.5. The maximum Gasteiger partial charge on any atom is 0.0473 e. The highest BCUT2D eigenvalue weighted by molar-refractivity contribution is 6.22. The molecule has 2 aromatic rings. The number of rotatable bonds is 4. The SMILES string of the molecule is Cc1cccc(CC(Cl)C2(c3ccccc3)CC2)c1. The number of alkyl halides is 1. The Morgan fingerprint density at radius 3 is 2.42 bits per heavy atom. The van der Waals surface area contributed by atoms with E-state index in [2.05, 4.69) is 61.5 Å². The largest absolute Gasteiger partial charge is 0.122 e. The van der Waals surface area contributed by atoms with E-state index in [0.717, 1.165) is 6.42 Å². The third kappa shape index (κ3) is 2.55. The van der Waals surface area contributed by atoms with Crippen LogP contribution in [0.4, 0.5) is 0 Å². The summed E-state index contributed by atoms with van der Waals surface area (Å²) in [5.74, 6) is 0. The van der Waals surface area contributed by atoms with Crippen LogP contribution in [0.3, 0.4) is 0 Å². The van der Waals surface area contributed by atoms with Crippen LogP contribution in [0.25, 0.3) is 0 Å². The van der Waals surface area contributed by atoms with Gasteiger partial charge in [0.05, 0.1) is 0 Å². The summed E-state index contributed by atoms with van der Waals surface area (Å²) >= 11 is 6.76. The molecular weight excluding hydrogens is 252 g/mol. The minimum Gasteiger partial charge on any atom is -0.122 e. The Kier molecular flexibility index (Phi) is 3.36. The maximum absolute atomic E-state index is 6.76. The van der Waals surface area contributed by atoms with Crippen molar-refractivity contribution in [3.05, 3.63) is 71.3 Å². The topological polar surface area (TPSA) is 0 Å². The molecule has 1 atom stereocenters. The van der Waals surface area contributed by atoms with Gasteiger partial charge in [-0.25, -0.2) is 0 Å². The molecule has 0 saturated heterocycles. The first-order valence-corrected chi connectivity index (χ1v) is 7.39. The second-order valence-corrected chi connectivity index (χ2v) is 6.21. The summed E-state index contributed by atoms with van der Waals surface area (Å²) in [6, 6.07) is 19.4. The maximum atomic E-state index is 6.76. The van der Waals surface area contributed by atoms with Crippen LogP contribution in [0.5, 0.6) is 0 Å². The predicted molar refractivity (Wildman–Crippen MR) is 81.9 cm³/mol. The molecule has 19 heavy (non-hydrogen) atoms. The van der Waals surface area contributed by atoms with Crippen LogP contribution in [0.2, 0.25) is 0 Å². The fraction of sp³-hybridized carbons (Fsp3) is 0.333. The Morgan fingerprint density at radius 2 is 1.79 bits per heavy atom. The molecule has 3 rings (SSSR count). The Bertz CT molecular complexity index is 555. The Labute approximate surface area is 120 Å². The lowest BCUT2D eigenvalue weighted by Crippen LogP contribution is -2.23. The molecule has 1 heteroatoms. The van der Waals surface area contributed by atoms with Gasteiger partial charge >= 0.3 is 0 Å². The van der Waals surface area contributed by atoms with Gasteiger partial charge in [0.2, 0.25) is 0 Å². The van der Waals surface area contributed by atoms with Crippen molar-refractivity contribution in [1.29, 1.82) is 0 Å². The van der Waals surface area contributed by atoms with Crippen molar-refractivity contribution in [2.24, 2.45) is 0 Å². The van der Waals surface area contributed by atoms with E-state index in [1.807, 2.05) is 0 Å². The number of hydrogen-bond donors (Lipinski definition) is 0. The van der Waals surface area contributed by atoms with Crippen molar-refractivity contribution in [2.75, 3.05) is 0 Å². The van der Waals surface area contributed by atoms with Crippen molar-refractivity contribution in [2.45, 2.75) is 37.0 Å².